The van der Waals surface area contributed by atoms with Crippen LogP contribution in [0.3, 0.4) is 0 Å². The van der Waals surface area contributed by atoms with Crippen molar-refractivity contribution in [2.45, 2.75) is 18.9 Å². The molecule has 0 fully saturated rings. The van der Waals surface area contributed by atoms with Gasteiger partial charge in [0.2, 0.25) is 0 Å². The third-order valence-corrected chi connectivity index (χ3v) is 4.64. The van der Waals surface area contributed by atoms with E-state index in [1.807, 2.05) is 19.2 Å². The van der Waals surface area contributed by atoms with E-state index in [1.165, 1.54) is 23.1 Å². The average molecular weight is 346 g/mol. The first-order valence-electron chi connectivity index (χ1n) is 5.94. The Morgan fingerprint density at radius 1 is 1.16 bits per heavy atom. The predicted molar refractivity (Wildman–Crippen MR) is 78.6 cm³/mol. The van der Waals surface area contributed by atoms with E-state index in [9.17, 15) is 8.78 Å². The maximum Gasteiger partial charge on any atom is 0.129 e. The zero-order chi connectivity index (χ0) is 13.8. The molecule has 0 saturated heterocycles. The first-order chi connectivity index (χ1) is 9.10. The van der Waals surface area contributed by atoms with Crippen molar-refractivity contribution in [2.24, 2.45) is 0 Å². The van der Waals surface area contributed by atoms with Crippen molar-refractivity contribution >= 4 is 27.3 Å². The summed E-state index contributed by atoms with van der Waals surface area (Å²) in [4.78, 5) is 1.18. The monoisotopic (exact) mass is 345 g/mol. The Labute approximate surface area is 123 Å². The highest BCUT2D eigenvalue weighted by atomic mass is 79.9. The van der Waals surface area contributed by atoms with Gasteiger partial charge in [0.25, 0.3) is 0 Å². The molecule has 1 aromatic carbocycles. The summed E-state index contributed by atoms with van der Waals surface area (Å²) in [5.41, 5.74) is 0.150. The lowest BCUT2D eigenvalue weighted by atomic mass is 10.0. The van der Waals surface area contributed by atoms with Gasteiger partial charge in [-0.05, 0) is 60.1 Å². The summed E-state index contributed by atoms with van der Waals surface area (Å²) < 4.78 is 28.3. The molecule has 0 saturated carbocycles. The summed E-state index contributed by atoms with van der Waals surface area (Å²) in [6, 6.07) is 8.00. The molecule has 1 atom stereocenters. The molecule has 0 aliphatic heterocycles. The van der Waals surface area contributed by atoms with Gasteiger partial charge in [-0.2, -0.15) is 0 Å². The molecule has 1 aromatic heterocycles. The van der Waals surface area contributed by atoms with Gasteiger partial charge >= 0.3 is 0 Å². The average Bonchev–Trinajstić information content (AvgIpc) is 2.78. The molecular formula is C14H14BrF2NS. The second-order valence-electron chi connectivity index (χ2n) is 4.30. The van der Waals surface area contributed by atoms with Gasteiger partial charge in [-0.3, -0.25) is 0 Å². The van der Waals surface area contributed by atoms with Crippen LogP contribution in [0.4, 0.5) is 8.78 Å². The largest absolute Gasteiger partial charge is 0.316 e. The fourth-order valence-electron chi connectivity index (χ4n) is 1.95. The fourth-order valence-corrected chi connectivity index (χ4v) is 3.52. The van der Waals surface area contributed by atoms with Gasteiger partial charge in [0.1, 0.15) is 11.6 Å². The zero-order valence-electron chi connectivity index (χ0n) is 10.4. The van der Waals surface area contributed by atoms with Crippen LogP contribution in [0.5, 0.6) is 0 Å². The molecule has 0 bridgehead atoms. The predicted octanol–water partition coefficient (Wildman–Crippen LogP) is 4.16. The third kappa shape index (κ3) is 3.84. The first-order valence-corrected chi connectivity index (χ1v) is 7.55. The van der Waals surface area contributed by atoms with Crippen LogP contribution >= 0.6 is 27.3 Å². The van der Waals surface area contributed by atoms with Crippen LogP contribution in [0, 0.1) is 11.6 Å². The SMILES string of the molecule is CNC(Cc1ccc(Br)s1)Cc1c(F)cccc1F. The van der Waals surface area contributed by atoms with Gasteiger partial charge in [0.05, 0.1) is 3.79 Å². The van der Waals surface area contributed by atoms with Gasteiger partial charge in [-0.25, -0.2) is 8.78 Å². The number of nitrogens with one attached hydrogen (secondary N) is 1. The molecule has 1 N–H and O–H groups in total. The van der Waals surface area contributed by atoms with Crippen LogP contribution in [-0.4, -0.2) is 13.1 Å². The van der Waals surface area contributed by atoms with E-state index in [2.05, 4.69) is 21.2 Å². The lowest BCUT2D eigenvalue weighted by Gasteiger charge is -2.16. The van der Waals surface area contributed by atoms with Gasteiger partial charge in [-0.15, -0.1) is 11.3 Å². The van der Waals surface area contributed by atoms with E-state index in [-0.39, 0.29) is 11.6 Å². The topological polar surface area (TPSA) is 12.0 Å². The number of hydrogen-bond donors (Lipinski definition) is 1. The van der Waals surface area contributed by atoms with E-state index in [0.717, 1.165) is 10.2 Å². The molecule has 0 amide bonds. The second-order valence-corrected chi connectivity index (χ2v) is 6.85. The summed E-state index contributed by atoms with van der Waals surface area (Å²) in [5, 5.41) is 3.12. The molecular weight excluding hydrogens is 332 g/mol. The van der Waals surface area contributed by atoms with E-state index in [4.69, 9.17) is 0 Å². The molecule has 0 spiro atoms. The highest BCUT2D eigenvalue weighted by Crippen LogP contribution is 2.24. The number of benzene rings is 1. The Balaban J connectivity index is 2.11. The van der Waals surface area contributed by atoms with E-state index in [1.54, 1.807) is 11.3 Å². The van der Waals surface area contributed by atoms with Crippen LogP contribution in [0.25, 0.3) is 0 Å². The zero-order valence-corrected chi connectivity index (χ0v) is 12.8. The van der Waals surface area contributed by atoms with E-state index < -0.39 is 11.6 Å². The molecule has 1 heterocycles. The molecule has 0 aliphatic carbocycles. The molecule has 0 aliphatic rings. The number of thiophene rings is 1. The van der Waals surface area contributed by atoms with Crippen LogP contribution in [0.2, 0.25) is 0 Å². The normalized spacial score (nSPS) is 12.6. The number of rotatable bonds is 5. The highest BCUT2D eigenvalue weighted by Gasteiger charge is 2.15. The summed E-state index contributed by atoms with van der Waals surface area (Å²) in [7, 11) is 1.81. The minimum absolute atomic E-state index is 0.0111. The van der Waals surface area contributed by atoms with Crippen LogP contribution in [-0.2, 0) is 12.8 Å². The standard InChI is InChI=1S/C14H14BrF2NS/c1-18-9(7-10-5-6-14(15)19-10)8-11-12(16)3-2-4-13(11)17/h2-6,9,18H,7-8H2,1H3. The molecule has 2 rings (SSSR count). The van der Waals surface area contributed by atoms with Gasteiger partial charge in [0.15, 0.2) is 0 Å². The Bertz CT molecular complexity index is 536. The maximum absolute atomic E-state index is 13.6. The fraction of sp³-hybridized carbons (Fsp3) is 0.286. The molecule has 0 radical (unpaired) electrons. The number of halogens is 3. The smallest absolute Gasteiger partial charge is 0.129 e. The molecule has 2 aromatic rings. The van der Waals surface area contributed by atoms with E-state index >= 15 is 0 Å². The Morgan fingerprint density at radius 2 is 1.84 bits per heavy atom. The Hall–Kier alpha value is -0.780. The van der Waals surface area contributed by atoms with Gasteiger partial charge in [0, 0.05) is 16.5 Å². The van der Waals surface area contributed by atoms with Crippen molar-refractivity contribution in [3.8, 4) is 0 Å². The van der Waals surface area contributed by atoms with Gasteiger partial charge in [-0.1, -0.05) is 6.07 Å². The Kier molecular flexibility index (Phi) is 5.07. The van der Waals surface area contributed by atoms with Crippen LogP contribution in [0.1, 0.15) is 10.4 Å². The minimum atomic E-state index is -0.479. The van der Waals surface area contributed by atoms with Crippen molar-refractivity contribution < 1.29 is 8.78 Å². The molecule has 102 valence electrons. The third-order valence-electron chi connectivity index (χ3n) is 3.00. The van der Waals surface area contributed by atoms with Crippen molar-refractivity contribution in [3.63, 3.8) is 0 Å². The highest BCUT2D eigenvalue weighted by molar-refractivity contribution is 9.11. The molecule has 5 heteroatoms. The summed E-state index contributed by atoms with van der Waals surface area (Å²) in [5.74, 6) is -0.958. The molecule has 19 heavy (non-hydrogen) atoms. The molecule has 1 nitrogen and oxygen atoms in total. The minimum Gasteiger partial charge on any atom is -0.316 e. The van der Waals surface area contributed by atoms with Crippen molar-refractivity contribution in [1.29, 1.82) is 0 Å². The number of hydrogen-bond acceptors (Lipinski definition) is 2. The maximum atomic E-state index is 13.6. The molecule has 1 unspecified atom stereocenters. The Morgan fingerprint density at radius 3 is 2.37 bits per heavy atom. The van der Waals surface area contributed by atoms with Crippen LogP contribution in [0.15, 0.2) is 34.1 Å². The number of likely N-dealkylation sites (N-methyl/N-ethyl adjacent to an activating group) is 1. The lowest BCUT2D eigenvalue weighted by Crippen LogP contribution is -2.30. The van der Waals surface area contributed by atoms with Crippen LogP contribution < -0.4 is 5.32 Å². The van der Waals surface area contributed by atoms with Crippen molar-refractivity contribution in [1.82, 2.24) is 5.32 Å². The van der Waals surface area contributed by atoms with Crippen molar-refractivity contribution in [2.75, 3.05) is 7.05 Å². The van der Waals surface area contributed by atoms with Crippen molar-refractivity contribution in [3.05, 3.63) is 56.2 Å². The van der Waals surface area contributed by atoms with E-state index in [0.29, 0.717) is 6.42 Å². The quantitative estimate of drug-likeness (QED) is 0.857. The lowest BCUT2D eigenvalue weighted by molar-refractivity contribution is 0.503. The van der Waals surface area contributed by atoms with Gasteiger partial charge < -0.3 is 5.32 Å². The summed E-state index contributed by atoms with van der Waals surface area (Å²) in [6.07, 6.45) is 1.09. The summed E-state index contributed by atoms with van der Waals surface area (Å²) >= 11 is 5.05. The second kappa shape index (κ2) is 6.59. The summed E-state index contributed by atoms with van der Waals surface area (Å²) in [6.45, 7) is 0. The first kappa shape index (κ1) is 14.6.